The second-order valence-electron chi connectivity index (χ2n) is 9.61. The van der Waals surface area contributed by atoms with E-state index in [0.717, 1.165) is 12.8 Å². The van der Waals surface area contributed by atoms with Crippen LogP contribution in [0.4, 0.5) is 0 Å². The average molecular weight is 351 g/mol. The summed E-state index contributed by atoms with van der Waals surface area (Å²) in [6, 6.07) is 0. The van der Waals surface area contributed by atoms with E-state index in [1.54, 1.807) is 0 Å². The smallest absolute Gasteiger partial charge is 0.354 e. The summed E-state index contributed by atoms with van der Waals surface area (Å²) in [5, 5.41) is 2.41. The maximum atomic E-state index is 12.4. The van der Waals surface area contributed by atoms with E-state index in [1.165, 1.54) is 6.92 Å². The predicted octanol–water partition coefficient (Wildman–Crippen LogP) is 3.44. The SMILES string of the molecule is C=C(NC(C)=O)C(=O)O[C@@H]1[C@H]2CC[C@@](C)([C@@H]1OCC(C)(C)C)C2(C)C. The van der Waals surface area contributed by atoms with Crippen molar-refractivity contribution in [3.63, 3.8) is 0 Å². The molecule has 0 saturated heterocycles. The fourth-order valence-corrected chi connectivity index (χ4v) is 4.44. The first-order valence-corrected chi connectivity index (χ1v) is 9.09. The lowest BCUT2D eigenvalue weighted by atomic mass is 9.70. The van der Waals surface area contributed by atoms with Crippen LogP contribution in [0.1, 0.15) is 61.3 Å². The Hall–Kier alpha value is -1.36. The summed E-state index contributed by atoms with van der Waals surface area (Å²) in [5.74, 6) is -0.657. The lowest BCUT2D eigenvalue weighted by Gasteiger charge is -2.40. The van der Waals surface area contributed by atoms with E-state index in [1.807, 2.05) is 0 Å². The van der Waals surface area contributed by atoms with Gasteiger partial charge < -0.3 is 14.8 Å². The van der Waals surface area contributed by atoms with Gasteiger partial charge in [-0.25, -0.2) is 4.79 Å². The summed E-state index contributed by atoms with van der Waals surface area (Å²) in [6.45, 7) is 18.7. The van der Waals surface area contributed by atoms with Gasteiger partial charge in [0.05, 0.1) is 6.61 Å². The summed E-state index contributed by atoms with van der Waals surface area (Å²) in [7, 11) is 0. The fourth-order valence-electron chi connectivity index (χ4n) is 4.44. The molecule has 0 aromatic heterocycles. The van der Waals surface area contributed by atoms with Gasteiger partial charge in [-0.15, -0.1) is 0 Å². The summed E-state index contributed by atoms with van der Waals surface area (Å²) in [6.07, 6.45) is 1.63. The second-order valence-corrected chi connectivity index (χ2v) is 9.61. The Balaban J connectivity index is 2.20. The van der Waals surface area contributed by atoms with E-state index in [-0.39, 0.29) is 46.0 Å². The van der Waals surface area contributed by atoms with Crippen molar-refractivity contribution in [1.82, 2.24) is 5.32 Å². The Morgan fingerprint density at radius 1 is 1.24 bits per heavy atom. The van der Waals surface area contributed by atoms with Gasteiger partial charge in [-0.1, -0.05) is 48.1 Å². The van der Waals surface area contributed by atoms with E-state index in [0.29, 0.717) is 6.61 Å². The van der Waals surface area contributed by atoms with Gasteiger partial charge in [-0.3, -0.25) is 4.79 Å². The van der Waals surface area contributed by atoms with Crippen LogP contribution >= 0.6 is 0 Å². The standard InChI is InChI=1S/C20H33NO4/c1-12(21-13(2)22)17(23)25-15-14-9-10-20(8,19(14,6)7)16(15)24-11-18(3,4)5/h14-16H,1,9-11H2,2-8H3,(H,21,22)/t14-,15-,16-,20+/m1/s1. The molecule has 5 nitrogen and oxygen atoms in total. The summed E-state index contributed by atoms with van der Waals surface area (Å²) in [4.78, 5) is 23.5. The van der Waals surface area contributed by atoms with E-state index < -0.39 is 5.97 Å². The molecule has 0 spiro atoms. The van der Waals surface area contributed by atoms with Crippen molar-refractivity contribution in [3.05, 3.63) is 12.3 Å². The van der Waals surface area contributed by atoms with Crippen LogP contribution in [0, 0.1) is 22.2 Å². The molecule has 0 aromatic rings. The van der Waals surface area contributed by atoms with Crippen LogP contribution in [-0.4, -0.2) is 30.7 Å². The third kappa shape index (κ3) is 3.62. The molecule has 1 N–H and O–H groups in total. The topological polar surface area (TPSA) is 64.6 Å². The Labute approximate surface area is 151 Å². The highest BCUT2D eigenvalue weighted by molar-refractivity contribution is 5.92. The molecule has 0 heterocycles. The number of rotatable bonds is 5. The number of hydrogen-bond acceptors (Lipinski definition) is 4. The molecule has 1 amide bonds. The van der Waals surface area contributed by atoms with Crippen LogP contribution in [0.15, 0.2) is 12.3 Å². The van der Waals surface area contributed by atoms with Crippen LogP contribution in [0.5, 0.6) is 0 Å². The van der Waals surface area contributed by atoms with Crippen molar-refractivity contribution in [3.8, 4) is 0 Å². The molecule has 0 radical (unpaired) electrons. The monoisotopic (exact) mass is 351 g/mol. The number of amides is 1. The number of carbonyl (C=O) groups excluding carboxylic acids is 2. The molecule has 2 saturated carbocycles. The van der Waals surface area contributed by atoms with Gasteiger partial charge >= 0.3 is 5.97 Å². The molecular formula is C20H33NO4. The highest BCUT2D eigenvalue weighted by atomic mass is 16.6. The van der Waals surface area contributed by atoms with E-state index >= 15 is 0 Å². The summed E-state index contributed by atoms with van der Waals surface area (Å²) >= 11 is 0. The maximum absolute atomic E-state index is 12.4. The van der Waals surface area contributed by atoms with Crippen LogP contribution in [-0.2, 0) is 19.1 Å². The molecule has 0 aromatic carbocycles. The summed E-state index contributed by atoms with van der Waals surface area (Å²) < 4.78 is 12.1. The summed E-state index contributed by atoms with van der Waals surface area (Å²) in [5.41, 5.74) is 0.00297. The molecular weight excluding hydrogens is 318 g/mol. The van der Waals surface area contributed by atoms with E-state index in [9.17, 15) is 9.59 Å². The van der Waals surface area contributed by atoms with Gasteiger partial charge in [0, 0.05) is 18.3 Å². The maximum Gasteiger partial charge on any atom is 0.354 e. The average Bonchev–Trinajstić information content (AvgIpc) is 2.74. The van der Waals surface area contributed by atoms with Gasteiger partial charge in [0.1, 0.15) is 17.9 Å². The van der Waals surface area contributed by atoms with Gasteiger partial charge in [-0.2, -0.15) is 0 Å². The normalized spacial score (nSPS) is 33.2. The number of nitrogens with one attached hydrogen (secondary N) is 1. The largest absolute Gasteiger partial charge is 0.455 e. The molecule has 2 rings (SSSR count). The Morgan fingerprint density at radius 3 is 2.36 bits per heavy atom. The third-order valence-electron chi connectivity index (χ3n) is 6.21. The zero-order valence-corrected chi connectivity index (χ0v) is 16.7. The number of fused-ring (bicyclic) bond motifs is 2. The minimum absolute atomic E-state index is 0.0206. The first-order valence-electron chi connectivity index (χ1n) is 9.09. The fraction of sp³-hybridized carbons (Fsp3) is 0.800. The molecule has 2 fully saturated rings. The van der Waals surface area contributed by atoms with E-state index in [2.05, 4.69) is 53.4 Å². The van der Waals surface area contributed by atoms with Crippen LogP contribution in [0.3, 0.4) is 0 Å². The predicted molar refractivity (Wildman–Crippen MR) is 96.6 cm³/mol. The zero-order valence-electron chi connectivity index (χ0n) is 16.7. The Morgan fingerprint density at radius 2 is 1.84 bits per heavy atom. The van der Waals surface area contributed by atoms with Gasteiger partial charge in [0.15, 0.2) is 0 Å². The molecule has 25 heavy (non-hydrogen) atoms. The second kappa shape index (κ2) is 6.42. The number of hydrogen-bond donors (Lipinski definition) is 1. The lowest BCUT2D eigenvalue weighted by molar-refractivity contribution is -0.165. The van der Waals surface area contributed by atoms with Crippen LogP contribution in [0.25, 0.3) is 0 Å². The van der Waals surface area contributed by atoms with Crippen LogP contribution < -0.4 is 5.32 Å². The molecule has 0 unspecified atom stereocenters. The van der Waals surface area contributed by atoms with Crippen molar-refractivity contribution < 1.29 is 19.1 Å². The molecule has 5 heteroatoms. The highest BCUT2D eigenvalue weighted by Crippen LogP contribution is 2.67. The molecule has 142 valence electrons. The highest BCUT2D eigenvalue weighted by Gasteiger charge is 2.68. The third-order valence-corrected chi connectivity index (χ3v) is 6.21. The number of carbonyl (C=O) groups is 2. The first-order chi connectivity index (χ1) is 11.3. The van der Waals surface area contributed by atoms with E-state index in [4.69, 9.17) is 9.47 Å². The van der Waals surface area contributed by atoms with Crippen molar-refractivity contribution in [2.75, 3.05) is 6.61 Å². The van der Waals surface area contributed by atoms with Crippen LogP contribution in [0.2, 0.25) is 0 Å². The lowest BCUT2D eigenvalue weighted by Crippen LogP contribution is -2.45. The molecule has 2 bridgehead atoms. The number of ether oxygens (including phenoxy) is 2. The Bertz CT molecular complexity index is 575. The molecule has 2 aliphatic rings. The quantitative estimate of drug-likeness (QED) is 0.609. The van der Waals surface area contributed by atoms with Crippen molar-refractivity contribution >= 4 is 11.9 Å². The number of esters is 1. The van der Waals surface area contributed by atoms with Crippen molar-refractivity contribution in [1.29, 1.82) is 0 Å². The Kier molecular flexibility index (Phi) is 5.12. The van der Waals surface area contributed by atoms with Gasteiger partial charge in [-0.05, 0) is 23.7 Å². The minimum atomic E-state index is -0.573. The first kappa shape index (κ1) is 20.0. The van der Waals surface area contributed by atoms with Gasteiger partial charge in [0.2, 0.25) is 5.91 Å². The van der Waals surface area contributed by atoms with Crippen molar-refractivity contribution in [2.24, 2.45) is 22.2 Å². The zero-order chi connectivity index (χ0) is 19.2. The van der Waals surface area contributed by atoms with Crippen molar-refractivity contribution in [2.45, 2.75) is 73.5 Å². The molecule has 0 aliphatic heterocycles. The molecule has 2 aliphatic carbocycles. The minimum Gasteiger partial charge on any atom is -0.455 e. The van der Waals surface area contributed by atoms with Gasteiger partial charge in [0.25, 0.3) is 0 Å². The molecule has 4 atom stereocenters.